The predicted molar refractivity (Wildman–Crippen MR) is 53.9 cm³/mol. The first-order chi connectivity index (χ1) is 5.63. The zero-order valence-electron chi connectivity index (χ0n) is 8.55. The molecule has 1 N–H and O–H groups in total. The number of unbranched alkanes of at least 4 members (excludes halogenated alkanes) is 3. The van der Waals surface area contributed by atoms with E-state index >= 15 is 0 Å². The van der Waals surface area contributed by atoms with E-state index in [1.54, 1.807) is 0 Å². The molecule has 73 valence electrons. The molecule has 0 aliphatic rings. The minimum absolute atomic E-state index is 0.352. The Morgan fingerprint density at radius 3 is 1.92 bits per heavy atom. The van der Waals surface area contributed by atoms with E-state index in [0.717, 1.165) is 18.8 Å². The maximum atomic E-state index is 8.89. The SMILES string of the molecule is [CH2]C(O)CCCCCCC(C)C. The molecule has 0 bridgehead atoms. The van der Waals surface area contributed by atoms with Gasteiger partial charge >= 0.3 is 0 Å². The van der Waals surface area contributed by atoms with Crippen molar-refractivity contribution < 1.29 is 5.11 Å². The van der Waals surface area contributed by atoms with Crippen molar-refractivity contribution in [3.8, 4) is 0 Å². The van der Waals surface area contributed by atoms with Gasteiger partial charge in [0.25, 0.3) is 0 Å². The van der Waals surface area contributed by atoms with Gasteiger partial charge in [-0.1, -0.05) is 46.0 Å². The summed E-state index contributed by atoms with van der Waals surface area (Å²) in [5.41, 5.74) is 0. The third-order valence-electron chi connectivity index (χ3n) is 2.07. The molecule has 0 spiro atoms. The van der Waals surface area contributed by atoms with Gasteiger partial charge in [0.2, 0.25) is 0 Å². The summed E-state index contributed by atoms with van der Waals surface area (Å²) in [6, 6.07) is 0. The quantitative estimate of drug-likeness (QED) is 0.583. The molecule has 0 rings (SSSR count). The maximum absolute atomic E-state index is 8.89. The Bertz CT molecular complexity index is 75.0. The van der Waals surface area contributed by atoms with Crippen molar-refractivity contribution in [2.45, 2.75) is 58.5 Å². The highest BCUT2D eigenvalue weighted by molar-refractivity contribution is 4.56. The molecule has 12 heavy (non-hydrogen) atoms. The second-order valence-corrected chi connectivity index (χ2v) is 4.04. The summed E-state index contributed by atoms with van der Waals surface area (Å²) in [4.78, 5) is 0. The Balaban J connectivity index is 2.91. The van der Waals surface area contributed by atoms with E-state index in [0.29, 0.717) is 0 Å². The standard InChI is InChI=1S/C11H23O/c1-10(2)8-6-4-5-7-9-11(3)12/h10-12H,3-9H2,1-2H3. The molecule has 1 nitrogen and oxygen atoms in total. The van der Waals surface area contributed by atoms with Crippen molar-refractivity contribution in [2.75, 3.05) is 0 Å². The summed E-state index contributed by atoms with van der Waals surface area (Å²) in [6.07, 6.45) is 6.88. The molecule has 0 aromatic rings. The molecular formula is C11H23O. The van der Waals surface area contributed by atoms with Crippen LogP contribution in [0.1, 0.15) is 52.4 Å². The van der Waals surface area contributed by atoms with Gasteiger partial charge in [-0.2, -0.15) is 0 Å². The van der Waals surface area contributed by atoms with Crippen LogP contribution < -0.4 is 0 Å². The van der Waals surface area contributed by atoms with E-state index in [2.05, 4.69) is 20.8 Å². The molecule has 1 unspecified atom stereocenters. The van der Waals surface area contributed by atoms with Gasteiger partial charge in [0.15, 0.2) is 0 Å². The molecule has 1 heteroatoms. The molecule has 1 radical (unpaired) electrons. The molecule has 0 aliphatic carbocycles. The molecule has 0 saturated carbocycles. The first kappa shape index (κ1) is 12.0. The maximum Gasteiger partial charge on any atom is 0.0541 e. The highest BCUT2D eigenvalue weighted by Crippen LogP contribution is 2.10. The van der Waals surface area contributed by atoms with Crippen LogP contribution in [0.25, 0.3) is 0 Å². The summed E-state index contributed by atoms with van der Waals surface area (Å²) in [7, 11) is 0. The first-order valence-electron chi connectivity index (χ1n) is 5.14. The van der Waals surface area contributed by atoms with Crippen LogP contribution in [-0.4, -0.2) is 11.2 Å². The molecule has 1 atom stereocenters. The van der Waals surface area contributed by atoms with Crippen LogP contribution in [-0.2, 0) is 0 Å². The number of aliphatic hydroxyl groups excluding tert-OH is 1. The fraction of sp³-hybridized carbons (Fsp3) is 0.909. The van der Waals surface area contributed by atoms with Crippen LogP contribution in [0.4, 0.5) is 0 Å². The Labute approximate surface area is 77.2 Å². The lowest BCUT2D eigenvalue weighted by Crippen LogP contribution is -1.98. The van der Waals surface area contributed by atoms with Gasteiger partial charge in [-0.25, -0.2) is 0 Å². The average Bonchev–Trinajstić information content (AvgIpc) is 1.95. The van der Waals surface area contributed by atoms with Crippen LogP contribution in [0.5, 0.6) is 0 Å². The molecular weight excluding hydrogens is 148 g/mol. The Hall–Kier alpha value is -0.0400. The van der Waals surface area contributed by atoms with Crippen molar-refractivity contribution in [2.24, 2.45) is 5.92 Å². The summed E-state index contributed by atoms with van der Waals surface area (Å²) in [5.74, 6) is 0.837. The Morgan fingerprint density at radius 2 is 1.50 bits per heavy atom. The van der Waals surface area contributed by atoms with E-state index in [1.807, 2.05) is 0 Å². The molecule has 0 aromatic heterocycles. The van der Waals surface area contributed by atoms with E-state index in [4.69, 9.17) is 5.11 Å². The lowest BCUT2D eigenvalue weighted by Gasteiger charge is -2.05. The molecule has 0 heterocycles. The van der Waals surface area contributed by atoms with Gasteiger partial charge in [0, 0.05) is 0 Å². The van der Waals surface area contributed by atoms with Gasteiger partial charge < -0.3 is 5.11 Å². The van der Waals surface area contributed by atoms with Gasteiger partial charge in [0.1, 0.15) is 0 Å². The summed E-state index contributed by atoms with van der Waals surface area (Å²) >= 11 is 0. The highest BCUT2D eigenvalue weighted by atomic mass is 16.3. The van der Waals surface area contributed by atoms with Crippen molar-refractivity contribution in [1.82, 2.24) is 0 Å². The van der Waals surface area contributed by atoms with Gasteiger partial charge in [-0.3, -0.25) is 0 Å². The molecule has 0 saturated heterocycles. The van der Waals surface area contributed by atoms with Crippen LogP contribution in [0.15, 0.2) is 0 Å². The number of hydrogen-bond donors (Lipinski definition) is 1. The topological polar surface area (TPSA) is 20.2 Å². The van der Waals surface area contributed by atoms with E-state index in [1.165, 1.54) is 25.7 Å². The second kappa shape index (κ2) is 7.60. The van der Waals surface area contributed by atoms with Crippen LogP contribution >= 0.6 is 0 Å². The number of rotatable bonds is 7. The zero-order chi connectivity index (χ0) is 9.40. The highest BCUT2D eigenvalue weighted by Gasteiger charge is 1.96. The largest absolute Gasteiger partial charge is 0.393 e. The van der Waals surface area contributed by atoms with Crippen molar-refractivity contribution in [3.63, 3.8) is 0 Å². The fourth-order valence-corrected chi connectivity index (χ4v) is 1.29. The molecule has 0 amide bonds. The van der Waals surface area contributed by atoms with Gasteiger partial charge in [0.05, 0.1) is 6.10 Å². The monoisotopic (exact) mass is 171 g/mol. The minimum Gasteiger partial charge on any atom is -0.393 e. The number of aliphatic hydroxyl groups is 1. The smallest absolute Gasteiger partial charge is 0.0541 e. The summed E-state index contributed by atoms with van der Waals surface area (Å²) < 4.78 is 0. The Morgan fingerprint density at radius 1 is 1.00 bits per heavy atom. The Kier molecular flexibility index (Phi) is 7.58. The predicted octanol–water partition coefficient (Wildman–Crippen LogP) is 3.18. The second-order valence-electron chi connectivity index (χ2n) is 4.04. The lowest BCUT2D eigenvalue weighted by molar-refractivity contribution is 0.205. The zero-order valence-corrected chi connectivity index (χ0v) is 8.55. The normalized spacial score (nSPS) is 13.8. The summed E-state index contributed by atoms with van der Waals surface area (Å²) in [6.45, 7) is 8.07. The van der Waals surface area contributed by atoms with Gasteiger partial charge in [-0.15, -0.1) is 0 Å². The molecule has 0 aromatic carbocycles. The minimum atomic E-state index is -0.352. The summed E-state index contributed by atoms with van der Waals surface area (Å²) in [5, 5.41) is 8.89. The van der Waals surface area contributed by atoms with E-state index in [-0.39, 0.29) is 6.10 Å². The van der Waals surface area contributed by atoms with E-state index < -0.39 is 0 Å². The van der Waals surface area contributed by atoms with Crippen molar-refractivity contribution in [1.29, 1.82) is 0 Å². The number of hydrogen-bond acceptors (Lipinski definition) is 1. The van der Waals surface area contributed by atoms with Crippen LogP contribution in [0, 0.1) is 12.8 Å². The van der Waals surface area contributed by atoms with Crippen molar-refractivity contribution in [3.05, 3.63) is 6.92 Å². The van der Waals surface area contributed by atoms with Crippen molar-refractivity contribution >= 4 is 0 Å². The average molecular weight is 171 g/mol. The molecule has 0 aliphatic heterocycles. The van der Waals surface area contributed by atoms with E-state index in [9.17, 15) is 0 Å². The third kappa shape index (κ3) is 9.96. The first-order valence-corrected chi connectivity index (χ1v) is 5.14. The third-order valence-corrected chi connectivity index (χ3v) is 2.07. The van der Waals surface area contributed by atoms with Crippen LogP contribution in [0.2, 0.25) is 0 Å². The van der Waals surface area contributed by atoms with Crippen LogP contribution in [0.3, 0.4) is 0 Å². The fourth-order valence-electron chi connectivity index (χ4n) is 1.29. The molecule has 0 fully saturated rings. The van der Waals surface area contributed by atoms with Gasteiger partial charge in [-0.05, 0) is 19.3 Å². The lowest BCUT2D eigenvalue weighted by atomic mass is 10.0.